The molecule has 2 nitrogen and oxygen atoms in total. The van der Waals surface area contributed by atoms with Gasteiger partial charge in [0.2, 0.25) is 0 Å². The van der Waals surface area contributed by atoms with Gasteiger partial charge >= 0.3 is 0 Å². The Bertz CT molecular complexity index is 682. The second kappa shape index (κ2) is 15.1. The van der Waals surface area contributed by atoms with Crippen molar-refractivity contribution in [3.8, 4) is 11.5 Å². The lowest BCUT2D eigenvalue weighted by molar-refractivity contribution is 0.303. The highest BCUT2D eigenvalue weighted by Crippen LogP contribution is 2.41. The van der Waals surface area contributed by atoms with E-state index in [1.54, 1.807) is 0 Å². The molecule has 0 atom stereocenters. The highest BCUT2D eigenvalue weighted by atomic mass is 79.9. The van der Waals surface area contributed by atoms with Crippen LogP contribution in [-0.4, -0.2) is 13.2 Å². The summed E-state index contributed by atoms with van der Waals surface area (Å²) < 4.78 is 14.4. The largest absolute Gasteiger partial charge is 0.492 e. The van der Waals surface area contributed by atoms with E-state index in [-0.39, 0.29) is 0 Å². The monoisotopic (exact) mass is 540 g/mol. The number of rotatable bonds is 16. The second-order valence-electron chi connectivity index (χ2n) is 8.08. The molecule has 0 radical (unpaired) electrons. The third kappa shape index (κ3) is 8.42. The fourth-order valence-corrected chi connectivity index (χ4v) is 4.62. The first-order chi connectivity index (χ1) is 14.7. The Kier molecular flexibility index (Phi) is 12.9. The zero-order valence-corrected chi connectivity index (χ0v) is 22.0. The maximum absolute atomic E-state index is 6.21. The van der Waals surface area contributed by atoms with Gasteiger partial charge in [-0.25, -0.2) is 0 Å². The third-order valence-electron chi connectivity index (χ3n) is 5.49. The van der Waals surface area contributed by atoms with Crippen molar-refractivity contribution >= 4 is 42.6 Å². The van der Waals surface area contributed by atoms with E-state index >= 15 is 0 Å². The first-order valence-corrected chi connectivity index (χ1v) is 13.4. The zero-order valence-electron chi connectivity index (χ0n) is 18.8. The molecule has 0 bridgehead atoms. The van der Waals surface area contributed by atoms with E-state index in [1.165, 1.54) is 64.2 Å². The third-order valence-corrected chi connectivity index (χ3v) is 6.74. The van der Waals surface area contributed by atoms with Gasteiger partial charge in [0.15, 0.2) is 0 Å². The van der Waals surface area contributed by atoms with Gasteiger partial charge in [-0.1, -0.05) is 78.1 Å². The van der Waals surface area contributed by atoms with Crippen LogP contribution in [0.2, 0.25) is 0 Å². The Labute approximate surface area is 200 Å². The lowest BCUT2D eigenvalue weighted by atomic mass is 10.1. The van der Waals surface area contributed by atoms with Crippen LogP contribution in [0.3, 0.4) is 0 Å². The van der Waals surface area contributed by atoms with Crippen LogP contribution in [0.4, 0.5) is 0 Å². The summed E-state index contributed by atoms with van der Waals surface area (Å²) in [6, 6.07) is 8.39. The smallest absolute Gasteiger partial charge is 0.141 e. The number of fused-ring (bicyclic) bond motifs is 1. The number of halogens is 2. The molecule has 4 heteroatoms. The minimum atomic E-state index is 0.758. The number of unbranched alkanes of at least 4 members (excludes halogenated alkanes) is 10. The molecule has 0 fully saturated rings. The van der Waals surface area contributed by atoms with Crippen LogP contribution in [0.5, 0.6) is 11.5 Å². The molecule has 0 aliphatic heterocycles. The maximum atomic E-state index is 6.21. The van der Waals surface area contributed by atoms with Gasteiger partial charge in [0.25, 0.3) is 0 Å². The van der Waals surface area contributed by atoms with Crippen molar-refractivity contribution in [1.82, 2.24) is 0 Å². The van der Waals surface area contributed by atoms with Crippen LogP contribution >= 0.6 is 31.9 Å². The van der Waals surface area contributed by atoms with Crippen molar-refractivity contribution in [2.24, 2.45) is 0 Å². The summed E-state index contributed by atoms with van der Waals surface area (Å²) in [5.74, 6) is 1.86. The molecule has 0 saturated carbocycles. The normalized spacial score (nSPS) is 11.2. The van der Waals surface area contributed by atoms with Crippen LogP contribution < -0.4 is 9.47 Å². The van der Waals surface area contributed by atoms with Gasteiger partial charge in [-0.2, -0.15) is 0 Å². The molecule has 0 aliphatic rings. The standard InChI is InChI=1S/C26H38Br2O2/c1-3-5-7-9-11-13-19-29-25-21-15-18-24(28)26(22(21)16-17-23(25)27)30-20-14-12-10-8-6-4-2/h15-18H,3-14,19-20H2,1-2H3. The van der Waals surface area contributed by atoms with E-state index in [9.17, 15) is 0 Å². The van der Waals surface area contributed by atoms with E-state index in [4.69, 9.17) is 9.47 Å². The lowest BCUT2D eigenvalue weighted by Gasteiger charge is -2.16. The minimum Gasteiger partial charge on any atom is -0.492 e. The fraction of sp³-hybridized carbons (Fsp3) is 0.615. The Hall–Kier alpha value is -0.740. The van der Waals surface area contributed by atoms with E-state index in [0.29, 0.717) is 0 Å². The van der Waals surface area contributed by atoms with Gasteiger partial charge in [0.05, 0.1) is 22.2 Å². The highest BCUT2D eigenvalue weighted by molar-refractivity contribution is 9.11. The zero-order chi connectivity index (χ0) is 21.6. The number of hydrogen-bond donors (Lipinski definition) is 0. The molecule has 30 heavy (non-hydrogen) atoms. The Morgan fingerprint density at radius 2 is 0.900 bits per heavy atom. The van der Waals surface area contributed by atoms with Gasteiger partial charge < -0.3 is 9.47 Å². The van der Waals surface area contributed by atoms with E-state index in [0.717, 1.165) is 57.3 Å². The van der Waals surface area contributed by atoms with Crippen LogP contribution in [0.25, 0.3) is 10.8 Å². The van der Waals surface area contributed by atoms with Crippen molar-refractivity contribution in [2.45, 2.75) is 90.9 Å². The van der Waals surface area contributed by atoms with Gasteiger partial charge in [-0.15, -0.1) is 0 Å². The molecule has 168 valence electrons. The van der Waals surface area contributed by atoms with Crippen LogP contribution in [-0.2, 0) is 0 Å². The quantitative estimate of drug-likeness (QED) is 0.197. The Morgan fingerprint density at radius 1 is 0.533 bits per heavy atom. The highest BCUT2D eigenvalue weighted by Gasteiger charge is 2.14. The minimum absolute atomic E-state index is 0.758. The van der Waals surface area contributed by atoms with Crippen molar-refractivity contribution in [3.63, 3.8) is 0 Å². The fourth-order valence-electron chi connectivity index (χ4n) is 3.70. The molecule has 0 spiro atoms. The average molecular weight is 542 g/mol. The van der Waals surface area contributed by atoms with E-state index in [2.05, 4.69) is 70.0 Å². The first kappa shape index (κ1) is 25.5. The number of hydrogen-bond acceptors (Lipinski definition) is 2. The van der Waals surface area contributed by atoms with Crippen molar-refractivity contribution < 1.29 is 9.47 Å². The van der Waals surface area contributed by atoms with Crippen molar-refractivity contribution in [3.05, 3.63) is 33.2 Å². The SMILES string of the molecule is CCCCCCCCOc1c(Br)ccc2c(OCCCCCCCC)c(Br)ccc12. The first-order valence-electron chi connectivity index (χ1n) is 11.8. The molecule has 2 aromatic rings. The maximum Gasteiger partial charge on any atom is 0.141 e. The summed E-state index contributed by atoms with van der Waals surface area (Å²) in [7, 11) is 0. The van der Waals surface area contributed by atoms with Crippen molar-refractivity contribution in [2.75, 3.05) is 13.2 Å². The van der Waals surface area contributed by atoms with Gasteiger partial charge in [0.1, 0.15) is 11.5 Å². The molecule has 0 N–H and O–H groups in total. The lowest BCUT2D eigenvalue weighted by Crippen LogP contribution is -2.01. The van der Waals surface area contributed by atoms with E-state index < -0.39 is 0 Å². The van der Waals surface area contributed by atoms with Gasteiger partial charge in [-0.3, -0.25) is 0 Å². The summed E-state index contributed by atoms with van der Waals surface area (Å²) in [5.41, 5.74) is 0. The molecular formula is C26H38Br2O2. The molecule has 2 aromatic carbocycles. The molecule has 0 amide bonds. The number of ether oxygens (including phenoxy) is 2. The molecule has 0 aromatic heterocycles. The second-order valence-corrected chi connectivity index (χ2v) is 9.79. The summed E-state index contributed by atoms with van der Waals surface area (Å²) in [6.07, 6.45) is 15.2. The predicted octanol–water partition coefficient (Wildman–Crippen LogP) is 9.84. The molecule has 0 unspecified atom stereocenters. The average Bonchev–Trinajstić information content (AvgIpc) is 2.75. The molecule has 0 heterocycles. The van der Waals surface area contributed by atoms with Gasteiger partial charge in [0, 0.05) is 10.8 Å². The number of benzene rings is 2. The summed E-state index contributed by atoms with van der Waals surface area (Å²) in [5, 5.41) is 2.22. The van der Waals surface area contributed by atoms with Crippen molar-refractivity contribution in [1.29, 1.82) is 0 Å². The van der Waals surface area contributed by atoms with Crippen LogP contribution in [0.15, 0.2) is 33.2 Å². The van der Waals surface area contributed by atoms with E-state index in [1.807, 2.05) is 0 Å². The molecule has 0 aliphatic carbocycles. The molecule has 2 rings (SSSR count). The summed E-state index contributed by atoms with van der Waals surface area (Å²) in [4.78, 5) is 0. The Balaban J connectivity index is 1.96. The van der Waals surface area contributed by atoms with Crippen LogP contribution in [0, 0.1) is 0 Å². The topological polar surface area (TPSA) is 18.5 Å². The van der Waals surface area contributed by atoms with Gasteiger partial charge in [-0.05, 0) is 69.0 Å². The summed E-state index contributed by atoms with van der Waals surface area (Å²) in [6.45, 7) is 6.03. The van der Waals surface area contributed by atoms with Crippen LogP contribution in [0.1, 0.15) is 90.9 Å². The molecule has 0 saturated heterocycles. The molecular weight excluding hydrogens is 504 g/mol. The summed E-state index contributed by atoms with van der Waals surface area (Å²) >= 11 is 7.36. The predicted molar refractivity (Wildman–Crippen MR) is 137 cm³/mol. The Morgan fingerprint density at radius 3 is 1.30 bits per heavy atom.